The summed E-state index contributed by atoms with van der Waals surface area (Å²) in [6.45, 7) is 0.124. The van der Waals surface area contributed by atoms with Crippen LogP contribution in [0.5, 0.6) is 0 Å². The molecule has 0 spiro atoms. The van der Waals surface area contributed by atoms with Crippen molar-refractivity contribution in [1.29, 1.82) is 0 Å². The third-order valence-electron chi connectivity index (χ3n) is 5.99. The second kappa shape index (κ2) is 8.86. The van der Waals surface area contributed by atoms with E-state index in [1.54, 1.807) is 12.1 Å². The Bertz CT molecular complexity index is 1430. The van der Waals surface area contributed by atoms with Crippen LogP contribution in [0.3, 0.4) is 0 Å². The number of fused-ring (bicyclic) bond motifs is 1. The van der Waals surface area contributed by atoms with Gasteiger partial charge in [0.25, 0.3) is 10.1 Å². The third kappa shape index (κ3) is 4.44. The average Bonchev–Trinajstić information content (AvgIpc) is 3.48. The van der Waals surface area contributed by atoms with Gasteiger partial charge in [-0.1, -0.05) is 36.4 Å². The molecule has 1 saturated heterocycles. The number of nitrogens with zero attached hydrogens (tertiary/aromatic N) is 3. The zero-order chi connectivity index (χ0) is 23.8. The molecule has 4 aromatic rings. The molecule has 5 rings (SSSR count). The lowest BCUT2D eigenvalue weighted by Gasteiger charge is -2.29. The molecule has 0 amide bonds. The van der Waals surface area contributed by atoms with Gasteiger partial charge in [0.2, 0.25) is 0 Å². The highest BCUT2D eigenvalue weighted by Crippen LogP contribution is 2.42. The molecule has 7 nitrogen and oxygen atoms in total. The van der Waals surface area contributed by atoms with Crippen LogP contribution in [0.1, 0.15) is 12.0 Å². The van der Waals surface area contributed by atoms with Crippen molar-refractivity contribution >= 4 is 20.9 Å². The molecule has 1 aliphatic rings. The lowest BCUT2D eigenvalue weighted by atomic mass is 9.87. The molecule has 1 aliphatic heterocycles. The van der Waals surface area contributed by atoms with Gasteiger partial charge in [0, 0.05) is 17.5 Å². The van der Waals surface area contributed by atoms with E-state index in [0.29, 0.717) is 0 Å². The minimum atomic E-state index is -4.01. The quantitative estimate of drug-likeness (QED) is 0.368. The first-order chi connectivity index (χ1) is 16.3. The average molecular weight is 486 g/mol. The van der Waals surface area contributed by atoms with E-state index >= 15 is 0 Å². The smallest absolute Gasteiger partial charge is 0.297 e. The van der Waals surface area contributed by atoms with Crippen LogP contribution in [-0.4, -0.2) is 36.4 Å². The van der Waals surface area contributed by atoms with E-state index in [2.05, 4.69) is 10.1 Å². The number of rotatable bonds is 7. The molecular formula is C24H21F2N3O4S. The van der Waals surface area contributed by atoms with Gasteiger partial charge in [-0.3, -0.25) is 4.18 Å². The molecule has 1 aromatic heterocycles. The van der Waals surface area contributed by atoms with Gasteiger partial charge < -0.3 is 4.74 Å². The normalized spacial score (nSPS) is 20.7. The Morgan fingerprint density at radius 1 is 1.09 bits per heavy atom. The van der Waals surface area contributed by atoms with Crippen LogP contribution < -0.4 is 0 Å². The number of aromatic nitrogens is 3. The van der Waals surface area contributed by atoms with Crippen LogP contribution in [0.4, 0.5) is 8.78 Å². The van der Waals surface area contributed by atoms with Crippen molar-refractivity contribution < 1.29 is 26.1 Å². The summed E-state index contributed by atoms with van der Waals surface area (Å²) in [4.78, 5) is 3.97. The lowest BCUT2D eigenvalue weighted by molar-refractivity contribution is -0.0206. The molecular weight excluding hydrogens is 464 g/mol. The Morgan fingerprint density at radius 2 is 1.91 bits per heavy atom. The Morgan fingerprint density at radius 3 is 2.68 bits per heavy atom. The summed E-state index contributed by atoms with van der Waals surface area (Å²) < 4.78 is 66.8. The van der Waals surface area contributed by atoms with Crippen LogP contribution >= 0.6 is 0 Å². The van der Waals surface area contributed by atoms with Crippen LogP contribution in [0, 0.1) is 17.6 Å². The summed E-state index contributed by atoms with van der Waals surface area (Å²) in [5.41, 5.74) is -1.00. The standard InChI is InChI=1S/C24H21F2N3O4S/c25-20-6-8-22(23(26)10-20)24(14-29-16-27-15-28-29)11-17(12-32-24)13-33-34(30,31)21-7-5-18-3-1-2-4-19(18)9-21/h1-10,15-17H,11-14H2/t17-,24-/m1/s1. The minimum absolute atomic E-state index is 0.0589. The maximum Gasteiger partial charge on any atom is 0.297 e. The predicted octanol–water partition coefficient (Wildman–Crippen LogP) is 4.05. The molecule has 2 atom stereocenters. The lowest BCUT2D eigenvalue weighted by Crippen LogP contribution is -2.32. The molecule has 0 unspecified atom stereocenters. The maximum absolute atomic E-state index is 14.7. The molecule has 176 valence electrons. The molecule has 0 radical (unpaired) electrons. The van der Waals surface area contributed by atoms with Gasteiger partial charge in [-0.05, 0) is 35.4 Å². The monoisotopic (exact) mass is 485 g/mol. The Labute approximate surface area is 195 Å². The first-order valence-electron chi connectivity index (χ1n) is 10.6. The van der Waals surface area contributed by atoms with Gasteiger partial charge in [-0.15, -0.1) is 0 Å². The van der Waals surface area contributed by atoms with Crippen LogP contribution in [0.25, 0.3) is 10.8 Å². The van der Waals surface area contributed by atoms with Crippen molar-refractivity contribution in [1.82, 2.24) is 14.8 Å². The van der Waals surface area contributed by atoms with Gasteiger partial charge in [-0.25, -0.2) is 18.4 Å². The van der Waals surface area contributed by atoms with Gasteiger partial charge in [0.15, 0.2) is 0 Å². The summed E-state index contributed by atoms with van der Waals surface area (Å²) in [7, 11) is -4.01. The van der Waals surface area contributed by atoms with E-state index in [9.17, 15) is 17.2 Å². The maximum atomic E-state index is 14.7. The van der Waals surface area contributed by atoms with Gasteiger partial charge >= 0.3 is 0 Å². The topological polar surface area (TPSA) is 83.3 Å². The Kier molecular flexibility index (Phi) is 5.88. The fraction of sp³-hybridized carbons (Fsp3) is 0.250. The minimum Gasteiger partial charge on any atom is -0.368 e. The van der Waals surface area contributed by atoms with E-state index in [-0.39, 0.29) is 42.6 Å². The zero-order valence-electron chi connectivity index (χ0n) is 18.0. The second-order valence-electron chi connectivity index (χ2n) is 8.34. The highest BCUT2D eigenvalue weighted by Gasteiger charge is 2.45. The number of benzene rings is 3. The van der Waals surface area contributed by atoms with Crippen molar-refractivity contribution in [2.24, 2.45) is 5.92 Å². The van der Waals surface area contributed by atoms with E-state index in [0.717, 1.165) is 16.8 Å². The first kappa shape index (κ1) is 22.6. The molecule has 3 aromatic carbocycles. The van der Waals surface area contributed by atoms with Gasteiger partial charge in [-0.2, -0.15) is 13.5 Å². The molecule has 34 heavy (non-hydrogen) atoms. The highest BCUT2D eigenvalue weighted by molar-refractivity contribution is 7.86. The fourth-order valence-corrected chi connectivity index (χ4v) is 5.38. The fourth-order valence-electron chi connectivity index (χ4n) is 4.36. The third-order valence-corrected chi connectivity index (χ3v) is 7.27. The van der Waals surface area contributed by atoms with Gasteiger partial charge in [0.1, 0.15) is 29.9 Å². The van der Waals surface area contributed by atoms with E-state index in [4.69, 9.17) is 8.92 Å². The van der Waals surface area contributed by atoms with Crippen molar-refractivity contribution in [3.63, 3.8) is 0 Å². The Hall–Kier alpha value is -3.21. The van der Waals surface area contributed by atoms with Gasteiger partial charge in [0.05, 0.1) is 24.7 Å². The molecule has 1 fully saturated rings. The van der Waals surface area contributed by atoms with Crippen LogP contribution in [0.2, 0.25) is 0 Å². The summed E-state index contributed by atoms with van der Waals surface area (Å²) in [6.07, 6.45) is 3.07. The molecule has 0 N–H and O–H groups in total. The SMILES string of the molecule is O=S(=O)(OC[C@H]1CO[C@](Cn2cncn2)(c2ccc(F)cc2F)C1)c1ccc2ccccc2c1. The largest absolute Gasteiger partial charge is 0.368 e. The summed E-state index contributed by atoms with van der Waals surface area (Å²) in [5.74, 6) is -1.79. The zero-order valence-corrected chi connectivity index (χ0v) is 18.8. The molecule has 0 aliphatic carbocycles. The van der Waals surface area contributed by atoms with Crippen molar-refractivity contribution in [2.75, 3.05) is 13.2 Å². The number of halogens is 2. The van der Waals surface area contributed by atoms with E-state index in [1.165, 1.54) is 35.5 Å². The predicted molar refractivity (Wildman–Crippen MR) is 119 cm³/mol. The summed E-state index contributed by atoms with van der Waals surface area (Å²) in [5, 5.41) is 5.78. The summed E-state index contributed by atoms with van der Waals surface area (Å²) >= 11 is 0. The van der Waals surface area contributed by atoms with Crippen molar-refractivity contribution in [3.05, 3.63) is 90.5 Å². The first-order valence-corrected chi connectivity index (χ1v) is 12.1. The number of hydrogen-bond acceptors (Lipinski definition) is 6. The van der Waals surface area contributed by atoms with Crippen molar-refractivity contribution in [3.8, 4) is 0 Å². The second-order valence-corrected chi connectivity index (χ2v) is 9.96. The number of ether oxygens (including phenoxy) is 1. The Balaban J connectivity index is 1.35. The van der Waals surface area contributed by atoms with E-state index < -0.39 is 27.4 Å². The summed E-state index contributed by atoms with van der Waals surface area (Å²) in [6, 6.07) is 15.5. The van der Waals surface area contributed by atoms with Crippen molar-refractivity contribution in [2.45, 2.75) is 23.5 Å². The molecule has 10 heteroatoms. The van der Waals surface area contributed by atoms with Crippen LogP contribution in [-0.2, 0) is 31.2 Å². The van der Waals surface area contributed by atoms with E-state index in [1.807, 2.05) is 24.3 Å². The molecule has 2 heterocycles. The molecule has 0 saturated carbocycles. The number of hydrogen-bond donors (Lipinski definition) is 0. The molecule has 0 bridgehead atoms. The van der Waals surface area contributed by atoms with Crippen LogP contribution in [0.15, 0.2) is 78.2 Å². The highest BCUT2D eigenvalue weighted by atomic mass is 32.2.